The third-order valence-electron chi connectivity index (χ3n) is 5.66. The van der Waals surface area contributed by atoms with Gasteiger partial charge in [-0.05, 0) is 55.5 Å². The van der Waals surface area contributed by atoms with Crippen molar-refractivity contribution in [3.8, 4) is 0 Å². The quantitative estimate of drug-likeness (QED) is 0.777. The molecule has 3 unspecified atom stereocenters. The number of nitrogens with one attached hydrogen (secondary N) is 1. The van der Waals surface area contributed by atoms with Gasteiger partial charge in [0.15, 0.2) is 0 Å². The molecule has 2 rings (SSSR count). The van der Waals surface area contributed by atoms with Crippen LogP contribution in [0.2, 0.25) is 0 Å². The molecule has 1 aromatic carbocycles. The number of aryl methyl sites for hydroxylation is 1. The van der Waals surface area contributed by atoms with Gasteiger partial charge in [0.1, 0.15) is 0 Å². The standard InChI is InChI=1S/C19H31N/c1-6-13-20-18-15(5)17(19(18,7-2)8-3)16-11-9-14(4)10-12-16/h9-12,15,17-18,20H,6-8,13H2,1-5H3. The summed E-state index contributed by atoms with van der Waals surface area (Å²) in [5, 5.41) is 3.82. The minimum absolute atomic E-state index is 0.448. The SMILES string of the molecule is CCCNC1C(C)C(c2ccc(C)cc2)C1(CC)CC. The summed E-state index contributed by atoms with van der Waals surface area (Å²) in [5.74, 6) is 1.46. The zero-order valence-electron chi connectivity index (χ0n) is 13.9. The van der Waals surface area contributed by atoms with Gasteiger partial charge < -0.3 is 5.32 Å². The van der Waals surface area contributed by atoms with Gasteiger partial charge in [-0.3, -0.25) is 0 Å². The van der Waals surface area contributed by atoms with Crippen molar-refractivity contribution in [3.05, 3.63) is 35.4 Å². The molecule has 0 heterocycles. The van der Waals surface area contributed by atoms with Crippen molar-refractivity contribution in [2.75, 3.05) is 6.54 Å². The monoisotopic (exact) mass is 273 g/mol. The van der Waals surface area contributed by atoms with Gasteiger partial charge in [-0.2, -0.15) is 0 Å². The Bertz CT molecular complexity index is 416. The minimum Gasteiger partial charge on any atom is -0.313 e. The van der Waals surface area contributed by atoms with Crippen molar-refractivity contribution in [1.29, 1.82) is 0 Å². The predicted octanol–water partition coefficient (Wildman–Crippen LogP) is 4.90. The normalized spacial score (nSPS) is 28.1. The predicted molar refractivity (Wildman–Crippen MR) is 88.2 cm³/mol. The Kier molecular flexibility index (Phi) is 4.90. The van der Waals surface area contributed by atoms with Gasteiger partial charge >= 0.3 is 0 Å². The van der Waals surface area contributed by atoms with Gasteiger partial charge in [0, 0.05) is 6.04 Å². The molecule has 1 fully saturated rings. The van der Waals surface area contributed by atoms with Crippen LogP contribution in [0.15, 0.2) is 24.3 Å². The molecule has 3 atom stereocenters. The number of hydrogen-bond donors (Lipinski definition) is 1. The van der Waals surface area contributed by atoms with E-state index >= 15 is 0 Å². The average Bonchev–Trinajstić information content (AvgIpc) is 2.46. The molecule has 0 aromatic heterocycles. The van der Waals surface area contributed by atoms with Crippen LogP contribution >= 0.6 is 0 Å². The molecule has 0 amide bonds. The van der Waals surface area contributed by atoms with Crippen LogP contribution < -0.4 is 5.32 Å². The number of benzene rings is 1. The third kappa shape index (κ3) is 2.41. The summed E-state index contributed by atoms with van der Waals surface area (Å²) in [7, 11) is 0. The van der Waals surface area contributed by atoms with Crippen LogP contribution in [-0.2, 0) is 0 Å². The molecule has 1 N–H and O–H groups in total. The molecular weight excluding hydrogens is 242 g/mol. The molecule has 1 heteroatoms. The fourth-order valence-electron chi connectivity index (χ4n) is 4.54. The molecular formula is C19H31N. The van der Waals surface area contributed by atoms with Gasteiger partial charge in [0.2, 0.25) is 0 Å². The molecule has 1 saturated carbocycles. The highest BCUT2D eigenvalue weighted by Crippen LogP contribution is 2.60. The van der Waals surface area contributed by atoms with Crippen LogP contribution in [0.25, 0.3) is 0 Å². The maximum atomic E-state index is 3.82. The summed E-state index contributed by atoms with van der Waals surface area (Å²) in [5.41, 5.74) is 3.35. The van der Waals surface area contributed by atoms with Crippen LogP contribution in [0.5, 0.6) is 0 Å². The topological polar surface area (TPSA) is 12.0 Å². The first-order chi connectivity index (χ1) is 9.60. The highest BCUT2D eigenvalue weighted by molar-refractivity contribution is 5.32. The Morgan fingerprint density at radius 2 is 1.65 bits per heavy atom. The first-order valence-electron chi connectivity index (χ1n) is 8.40. The summed E-state index contributed by atoms with van der Waals surface area (Å²) >= 11 is 0. The van der Waals surface area contributed by atoms with E-state index in [4.69, 9.17) is 0 Å². The Hall–Kier alpha value is -0.820. The highest BCUT2D eigenvalue weighted by atomic mass is 15.0. The lowest BCUT2D eigenvalue weighted by Gasteiger charge is -2.61. The van der Waals surface area contributed by atoms with E-state index in [0.717, 1.165) is 12.5 Å². The van der Waals surface area contributed by atoms with E-state index in [2.05, 4.69) is 64.2 Å². The van der Waals surface area contributed by atoms with Crippen molar-refractivity contribution >= 4 is 0 Å². The fraction of sp³-hybridized carbons (Fsp3) is 0.684. The van der Waals surface area contributed by atoms with Crippen molar-refractivity contribution < 1.29 is 0 Å². The number of rotatable bonds is 6. The molecule has 0 spiro atoms. The highest BCUT2D eigenvalue weighted by Gasteiger charge is 2.57. The Balaban J connectivity index is 2.26. The summed E-state index contributed by atoms with van der Waals surface area (Å²) in [6.07, 6.45) is 3.77. The molecule has 0 aliphatic heterocycles. The minimum atomic E-state index is 0.448. The maximum Gasteiger partial charge on any atom is 0.0161 e. The second-order valence-electron chi connectivity index (χ2n) is 6.62. The van der Waals surface area contributed by atoms with Crippen LogP contribution in [0.4, 0.5) is 0 Å². The largest absolute Gasteiger partial charge is 0.313 e. The van der Waals surface area contributed by atoms with Crippen molar-refractivity contribution in [2.24, 2.45) is 11.3 Å². The van der Waals surface area contributed by atoms with E-state index in [0.29, 0.717) is 17.4 Å². The van der Waals surface area contributed by atoms with E-state index in [9.17, 15) is 0 Å². The average molecular weight is 273 g/mol. The van der Waals surface area contributed by atoms with E-state index in [1.165, 1.54) is 24.8 Å². The zero-order valence-corrected chi connectivity index (χ0v) is 13.9. The first-order valence-corrected chi connectivity index (χ1v) is 8.40. The molecule has 1 aliphatic carbocycles. The summed E-state index contributed by atoms with van der Waals surface area (Å²) in [6, 6.07) is 9.93. The molecule has 20 heavy (non-hydrogen) atoms. The molecule has 1 nitrogen and oxygen atoms in total. The molecule has 1 aromatic rings. The summed E-state index contributed by atoms with van der Waals surface area (Å²) in [6.45, 7) is 12.8. The van der Waals surface area contributed by atoms with Crippen LogP contribution in [0, 0.1) is 18.3 Å². The van der Waals surface area contributed by atoms with Gasteiger partial charge in [0.05, 0.1) is 0 Å². The van der Waals surface area contributed by atoms with E-state index in [1.807, 2.05) is 0 Å². The van der Waals surface area contributed by atoms with Gasteiger partial charge in [-0.25, -0.2) is 0 Å². The third-order valence-corrected chi connectivity index (χ3v) is 5.66. The first kappa shape index (κ1) is 15.6. The Morgan fingerprint density at radius 1 is 1.05 bits per heavy atom. The van der Waals surface area contributed by atoms with Crippen LogP contribution in [0.1, 0.15) is 64.0 Å². The second kappa shape index (κ2) is 6.30. The van der Waals surface area contributed by atoms with Gasteiger partial charge in [-0.15, -0.1) is 0 Å². The lowest BCUT2D eigenvalue weighted by atomic mass is 9.46. The van der Waals surface area contributed by atoms with Gasteiger partial charge in [0.25, 0.3) is 0 Å². The molecule has 0 saturated heterocycles. The number of hydrogen-bond acceptors (Lipinski definition) is 1. The van der Waals surface area contributed by atoms with Crippen molar-refractivity contribution in [2.45, 2.75) is 65.8 Å². The fourth-order valence-corrected chi connectivity index (χ4v) is 4.54. The van der Waals surface area contributed by atoms with Crippen LogP contribution in [0.3, 0.4) is 0 Å². The van der Waals surface area contributed by atoms with E-state index < -0.39 is 0 Å². The maximum absolute atomic E-state index is 3.82. The molecule has 112 valence electrons. The zero-order chi connectivity index (χ0) is 14.8. The molecule has 0 bridgehead atoms. The van der Waals surface area contributed by atoms with Crippen LogP contribution in [-0.4, -0.2) is 12.6 Å². The smallest absolute Gasteiger partial charge is 0.0161 e. The van der Waals surface area contributed by atoms with Crippen molar-refractivity contribution in [3.63, 3.8) is 0 Å². The van der Waals surface area contributed by atoms with Gasteiger partial charge in [-0.1, -0.05) is 57.5 Å². The Labute approximate surface area is 125 Å². The van der Waals surface area contributed by atoms with E-state index in [1.54, 1.807) is 5.56 Å². The lowest BCUT2D eigenvalue weighted by Crippen LogP contribution is -2.64. The lowest BCUT2D eigenvalue weighted by molar-refractivity contribution is -0.0393. The summed E-state index contributed by atoms with van der Waals surface area (Å²) < 4.78 is 0. The second-order valence-corrected chi connectivity index (χ2v) is 6.62. The molecule has 0 radical (unpaired) electrons. The van der Waals surface area contributed by atoms with Crippen molar-refractivity contribution in [1.82, 2.24) is 5.32 Å². The Morgan fingerprint density at radius 3 is 2.15 bits per heavy atom. The summed E-state index contributed by atoms with van der Waals surface area (Å²) in [4.78, 5) is 0. The van der Waals surface area contributed by atoms with E-state index in [-0.39, 0.29) is 0 Å². The molecule has 1 aliphatic rings.